The molecule has 2 aliphatic carbocycles. The number of carbonyl (C=O) groups is 1. The highest BCUT2D eigenvalue weighted by atomic mass is 19.4. The number of ether oxygens (including phenoxy) is 1. The standard InChI is InChI=1S/C21H26F6N2O2/c1-31-17-11-12(20(22,23)24)10-14(21(25,26)27)18(17)19(30)29-16-9-5-4-8-15(16)28-13-6-2-3-7-13/h10-11,13,15-16,28H,2-9H2,1H3,(H,29,30)/t15-,16+/m1/s1. The van der Waals surface area contributed by atoms with Gasteiger partial charge in [0, 0.05) is 18.1 Å². The van der Waals surface area contributed by atoms with E-state index >= 15 is 0 Å². The summed E-state index contributed by atoms with van der Waals surface area (Å²) in [4.78, 5) is 12.9. The van der Waals surface area contributed by atoms with E-state index in [2.05, 4.69) is 10.6 Å². The number of rotatable bonds is 5. The maximum atomic E-state index is 13.6. The van der Waals surface area contributed by atoms with Gasteiger partial charge in [-0.25, -0.2) is 0 Å². The Labute approximate surface area is 176 Å². The van der Waals surface area contributed by atoms with E-state index in [1.54, 1.807) is 0 Å². The SMILES string of the molecule is COc1cc(C(F)(F)F)cc(C(F)(F)F)c1C(=O)N[C@H]1CCCC[C@H]1NC1CCCC1. The van der Waals surface area contributed by atoms with E-state index in [4.69, 9.17) is 4.74 Å². The Hall–Kier alpha value is -1.97. The molecule has 10 heteroatoms. The number of halogens is 6. The number of hydrogen-bond acceptors (Lipinski definition) is 3. The summed E-state index contributed by atoms with van der Waals surface area (Å²) in [5.41, 5.74) is -4.10. The number of nitrogens with one attached hydrogen (secondary N) is 2. The Balaban J connectivity index is 1.90. The molecular weight excluding hydrogens is 426 g/mol. The molecule has 1 aromatic carbocycles. The first-order valence-electron chi connectivity index (χ1n) is 10.4. The summed E-state index contributed by atoms with van der Waals surface area (Å²) in [5.74, 6) is -1.83. The van der Waals surface area contributed by atoms with Gasteiger partial charge in [0.25, 0.3) is 5.91 Å². The van der Waals surface area contributed by atoms with Crippen LogP contribution in [0.2, 0.25) is 0 Å². The van der Waals surface area contributed by atoms with Gasteiger partial charge in [-0.05, 0) is 37.8 Å². The average molecular weight is 452 g/mol. The second-order valence-corrected chi connectivity index (χ2v) is 8.22. The molecule has 0 radical (unpaired) electrons. The summed E-state index contributed by atoms with van der Waals surface area (Å²) in [6.45, 7) is 0. The van der Waals surface area contributed by atoms with Gasteiger partial charge in [0.05, 0.1) is 23.8 Å². The van der Waals surface area contributed by atoms with E-state index in [1.807, 2.05) is 0 Å². The average Bonchev–Trinajstić information content (AvgIpc) is 3.20. The Morgan fingerprint density at radius 3 is 2.03 bits per heavy atom. The van der Waals surface area contributed by atoms with Gasteiger partial charge in [0.15, 0.2) is 0 Å². The molecule has 0 aromatic heterocycles. The molecule has 0 bridgehead atoms. The van der Waals surface area contributed by atoms with Crippen LogP contribution < -0.4 is 15.4 Å². The van der Waals surface area contributed by atoms with Crippen LogP contribution in [-0.2, 0) is 12.4 Å². The van der Waals surface area contributed by atoms with Crippen molar-refractivity contribution in [2.24, 2.45) is 0 Å². The monoisotopic (exact) mass is 452 g/mol. The van der Waals surface area contributed by atoms with Crippen molar-refractivity contribution in [1.82, 2.24) is 10.6 Å². The molecule has 1 amide bonds. The minimum atomic E-state index is -5.16. The maximum Gasteiger partial charge on any atom is 0.417 e. The summed E-state index contributed by atoms with van der Waals surface area (Å²) >= 11 is 0. The van der Waals surface area contributed by atoms with Crippen molar-refractivity contribution in [3.05, 3.63) is 28.8 Å². The van der Waals surface area contributed by atoms with Crippen LogP contribution in [0.25, 0.3) is 0 Å². The Bertz CT molecular complexity index is 787. The molecule has 0 spiro atoms. The van der Waals surface area contributed by atoms with Crippen LogP contribution in [-0.4, -0.2) is 31.1 Å². The van der Waals surface area contributed by atoms with Crippen molar-refractivity contribution >= 4 is 5.91 Å². The van der Waals surface area contributed by atoms with Crippen molar-refractivity contribution in [3.63, 3.8) is 0 Å². The van der Waals surface area contributed by atoms with Gasteiger partial charge in [-0.1, -0.05) is 25.7 Å². The van der Waals surface area contributed by atoms with Crippen molar-refractivity contribution in [2.45, 2.75) is 81.8 Å². The highest BCUT2D eigenvalue weighted by Gasteiger charge is 2.42. The molecule has 2 N–H and O–H groups in total. The minimum absolute atomic E-state index is 0.0352. The van der Waals surface area contributed by atoms with Crippen molar-refractivity contribution in [3.8, 4) is 5.75 Å². The number of amides is 1. The molecule has 0 unspecified atom stereocenters. The van der Waals surface area contributed by atoms with Crippen molar-refractivity contribution < 1.29 is 35.9 Å². The Kier molecular flexibility index (Phi) is 7.08. The molecule has 0 heterocycles. The Morgan fingerprint density at radius 1 is 0.903 bits per heavy atom. The van der Waals surface area contributed by atoms with Gasteiger partial charge in [-0.15, -0.1) is 0 Å². The molecule has 4 nitrogen and oxygen atoms in total. The number of alkyl halides is 6. The summed E-state index contributed by atoms with van der Waals surface area (Å²) in [7, 11) is 0.942. The fraction of sp³-hybridized carbons (Fsp3) is 0.667. The topological polar surface area (TPSA) is 50.4 Å². The van der Waals surface area contributed by atoms with E-state index in [1.165, 1.54) is 0 Å². The van der Waals surface area contributed by atoms with Crippen LogP contribution in [0.1, 0.15) is 72.9 Å². The molecule has 0 aliphatic heterocycles. The first-order chi connectivity index (χ1) is 14.5. The van der Waals surface area contributed by atoms with Crippen molar-refractivity contribution in [2.75, 3.05) is 7.11 Å². The lowest BCUT2D eigenvalue weighted by Crippen LogP contribution is -2.54. The summed E-state index contributed by atoms with van der Waals surface area (Å²) in [5, 5.41) is 6.15. The van der Waals surface area contributed by atoms with Gasteiger partial charge in [0.2, 0.25) is 0 Å². The van der Waals surface area contributed by atoms with Crippen LogP contribution in [0, 0.1) is 0 Å². The minimum Gasteiger partial charge on any atom is -0.496 e. The van der Waals surface area contributed by atoms with E-state index in [0.717, 1.165) is 52.1 Å². The maximum absolute atomic E-state index is 13.6. The largest absolute Gasteiger partial charge is 0.496 e. The zero-order chi connectivity index (χ0) is 22.8. The first kappa shape index (κ1) is 23.7. The molecule has 2 atom stereocenters. The van der Waals surface area contributed by atoms with Gasteiger partial charge >= 0.3 is 12.4 Å². The summed E-state index contributed by atoms with van der Waals surface area (Å²) < 4.78 is 84.9. The van der Waals surface area contributed by atoms with Crippen LogP contribution in [0.5, 0.6) is 5.75 Å². The molecule has 3 rings (SSSR count). The zero-order valence-corrected chi connectivity index (χ0v) is 17.1. The molecule has 1 aromatic rings. The lowest BCUT2D eigenvalue weighted by atomic mass is 9.89. The number of methoxy groups -OCH3 is 1. The van der Waals surface area contributed by atoms with E-state index in [0.29, 0.717) is 18.5 Å². The lowest BCUT2D eigenvalue weighted by Gasteiger charge is -2.35. The predicted octanol–water partition coefficient (Wildman–Crippen LogP) is 5.31. The van der Waals surface area contributed by atoms with Crippen LogP contribution >= 0.6 is 0 Å². The Morgan fingerprint density at radius 2 is 1.48 bits per heavy atom. The van der Waals surface area contributed by atoms with Crippen LogP contribution in [0.3, 0.4) is 0 Å². The third-order valence-corrected chi connectivity index (χ3v) is 6.07. The zero-order valence-electron chi connectivity index (χ0n) is 17.1. The van der Waals surface area contributed by atoms with Gasteiger partial charge in [0.1, 0.15) is 5.75 Å². The first-order valence-corrected chi connectivity index (χ1v) is 10.4. The normalized spacial score (nSPS) is 23.1. The molecule has 2 saturated carbocycles. The summed E-state index contributed by atoms with van der Waals surface area (Å²) in [6.07, 6.45) is -2.81. The third-order valence-electron chi connectivity index (χ3n) is 6.07. The lowest BCUT2D eigenvalue weighted by molar-refractivity contribution is -0.143. The highest BCUT2D eigenvalue weighted by molar-refractivity contribution is 5.99. The number of benzene rings is 1. The third kappa shape index (κ3) is 5.64. The fourth-order valence-electron chi connectivity index (χ4n) is 4.54. The predicted molar refractivity (Wildman–Crippen MR) is 102 cm³/mol. The molecule has 0 saturated heterocycles. The quantitative estimate of drug-likeness (QED) is 0.596. The summed E-state index contributed by atoms with van der Waals surface area (Å²) in [6, 6.07) is 0.214. The molecule has 31 heavy (non-hydrogen) atoms. The fourth-order valence-corrected chi connectivity index (χ4v) is 4.54. The molecule has 2 aliphatic rings. The van der Waals surface area contributed by atoms with Gasteiger partial charge in [-0.3, -0.25) is 4.79 Å². The highest BCUT2D eigenvalue weighted by Crippen LogP contribution is 2.41. The number of hydrogen-bond donors (Lipinski definition) is 2. The van der Waals surface area contributed by atoms with Gasteiger partial charge in [-0.2, -0.15) is 26.3 Å². The van der Waals surface area contributed by atoms with E-state index < -0.39 is 46.7 Å². The van der Waals surface area contributed by atoms with Crippen LogP contribution in [0.15, 0.2) is 12.1 Å². The van der Waals surface area contributed by atoms with Gasteiger partial charge < -0.3 is 15.4 Å². The smallest absolute Gasteiger partial charge is 0.417 e. The second-order valence-electron chi connectivity index (χ2n) is 8.22. The van der Waals surface area contributed by atoms with Crippen LogP contribution in [0.4, 0.5) is 26.3 Å². The number of carbonyl (C=O) groups excluding carboxylic acids is 1. The molecule has 174 valence electrons. The molecule has 2 fully saturated rings. The second kappa shape index (κ2) is 9.26. The molecular formula is C21H26F6N2O2. The van der Waals surface area contributed by atoms with E-state index in [9.17, 15) is 31.1 Å². The van der Waals surface area contributed by atoms with E-state index in [-0.39, 0.29) is 12.1 Å². The van der Waals surface area contributed by atoms with Crippen molar-refractivity contribution in [1.29, 1.82) is 0 Å².